The lowest BCUT2D eigenvalue weighted by molar-refractivity contribution is 1.41. The highest BCUT2D eigenvalue weighted by Crippen LogP contribution is 2.21. The van der Waals surface area contributed by atoms with Crippen molar-refractivity contribution in [1.29, 1.82) is 0 Å². The maximum atomic E-state index is 5.55. The summed E-state index contributed by atoms with van der Waals surface area (Å²) in [5, 5.41) is 2.59. The average molecular weight is 188 g/mol. The van der Waals surface area contributed by atoms with Crippen molar-refractivity contribution in [1.82, 2.24) is 4.98 Å². The van der Waals surface area contributed by atoms with Gasteiger partial charge < -0.3 is 5.73 Å². The molecule has 2 aromatic rings. The molecule has 0 atom stereocenters. The Hall–Kier alpha value is -1.29. The van der Waals surface area contributed by atoms with Gasteiger partial charge in [0.05, 0.1) is 5.69 Å². The molecule has 0 spiro atoms. The van der Waals surface area contributed by atoms with Crippen LogP contribution in [0, 0.1) is 0 Å². The molecule has 0 unspecified atom stereocenters. The van der Waals surface area contributed by atoms with Crippen LogP contribution in [0.4, 0.5) is 5.13 Å². The Morgan fingerprint density at radius 1 is 1.23 bits per heavy atom. The van der Waals surface area contributed by atoms with Crippen molar-refractivity contribution in [2.24, 2.45) is 0 Å². The first-order chi connectivity index (χ1) is 6.25. The number of thiazole rings is 1. The van der Waals surface area contributed by atoms with Crippen molar-refractivity contribution in [2.75, 3.05) is 5.73 Å². The number of nitrogen functional groups attached to an aromatic ring is 1. The van der Waals surface area contributed by atoms with Crippen LogP contribution in [0.2, 0.25) is 0 Å². The summed E-state index contributed by atoms with van der Waals surface area (Å²) in [5.41, 5.74) is 8.89. The predicted octanol–water partition coefficient (Wildman–Crippen LogP) is 0.651. The van der Waals surface area contributed by atoms with Crippen molar-refractivity contribution >= 4 is 29.8 Å². The van der Waals surface area contributed by atoms with Gasteiger partial charge >= 0.3 is 0 Å². The Bertz CT molecular complexity index is 408. The molecule has 0 aliphatic carbocycles. The molecule has 0 aliphatic rings. The number of nitrogens with zero attached hydrogens (tertiary/aromatic N) is 1. The summed E-state index contributed by atoms with van der Waals surface area (Å²) in [5.74, 6) is 0. The molecule has 0 aliphatic heterocycles. The SMILES string of the molecule is Bc1ccc(-c2csc(N)n2)cc1. The Morgan fingerprint density at radius 3 is 2.46 bits per heavy atom. The molecule has 0 fully saturated rings. The summed E-state index contributed by atoms with van der Waals surface area (Å²) in [4.78, 5) is 4.21. The van der Waals surface area contributed by atoms with Gasteiger partial charge in [-0.1, -0.05) is 29.7 Å². The lowest BCUT2D eigenvalue weighted by Crippen LogP contribution is -1.99. The van der Waals surface area contributed by atoms with Gasteiger partial charge in [0.1, 0.15) is 7.85 Å². The molecule has 1 aromatic heterocycles. The molecule has 4 heteroatoms. The first kappa shape index (κ1) is 8.32. The molecule has 2 N–H and O–H groups in total. The molecule has 0 bridgehead atoms. The van der Waals surface area contributed by atoms with Gasteiger partial charge in [-0.25, -0.2) is 4.98 Å². The third-order valence-electron chi connectivity index (χ3n) is 1.87. The average Bonchev–Trinajstić information content (AvgIpc) is 2.53. The van der Waals surface area contributed by atoms with E-state index in [9.17, 15) is 0 Å². The zero-order valence-electron chi connectivity index (χ0n) is 7.32. The third-order valence-corrected chi connectivity index (χ3v) is 2.54. The normalized spacial score (nSPS) is 10.2. The van der Waals surface area contributed by atoms with Crippen LogP contribution >= 0.6 is 11.3 Å². The molecule has 0 saturated carbocycles. The maximum Gasteiger partial charge on any atom is 0.180 e. The van der Waals surface area contributed by atoms with E-state index in [0.29, 0.717) is 5.13 Å². The number of benzene rings is 1. The van der Waals surface area contributed by atoms with E-state index < -0.39 is 0 Å². The van der Waals surface area contributed by atoms with Crippen LogP contribution in [-0.2, 0) is 0 Å². The largest absolute Gasteiger partial charge is 0.375 e. The van der Waals surface area contributed by atoms with E-state index in [1.807, 2.05) is 5.38 Å². The summed E-state index contributed by atoms with van der Waals surface area (Å²) in [7, 11) is 2.07. The van der Waals surface area contributed by atoms with E-state index in [2.05, 4.69) is 37.1 Å². The Morgan fingerprint density at radius 2 is 1.92 bits per heavy atom. The van der Waals surface area contributed by atoms with Gasteiger partial charge in [0, 0.05) is 10.9 Å². The molecule has 64 valence electrons. The number of hydrogen-bond donors (Lipinski definition) is 1. The predicted molar refractivity (Wildman–Crippen MR) is 60.1 cm³/mol. The van der Waals surface area contributed by atoms with Gasteiger partial charge in [-0.2, -0.15) is 0 Å². The Balaban J connectivity index is 2.41. The van der Waals surface area contributed by atoms with E-state index in [4.69, 9.17) is 5.73 Å². The summed E-state index contributed by atoms with van der Waals surface area (Å²) < 4.78 is 0. The first-order valence-corrected chi connectivity index (χ1v) is 4.92. The number of anilines is 1. The molecular formula is C9H9BN2S. The number of aromatic nitrogens is 1. The van der Waals surface area contributed by atoms with Crippen LogP contribution in [0.25, 0.3) is 11.3 Å². The zero-order valence-corrected chi connectivity index (χ0v) is 8.14. The third kappa shape index (κ3) is 1.73. The molecule has 13 heavy (non-hydrogen) atoms. The highest BCUT2D eigenvalue weighted by molar-refractivity contribution is 7.13. The maximum absolute atomic E-state index is 5.55. The van der Waals surface area contributed by atoms with Gasteiger partial charge in [0.15, 0.2) is 5.13 Å². The molecule has 0 amide bonds. The van der Waals surface area contributed by atoms with Crippen LogP contribution < -0.4 is 11.2 Å². The smallest absolute Gasteiger partial charge is 0.180 e. The highest BCUT2D eigenvalue weighted by Gasteiger charge is 2.00. The highest BCUT2D eigenvalue weighted by atomic mass is 32.1. The second kappa shape index (κ2) is 3.22. The molecular weight excluding hydrogens is 179 g/mol. The van der Waals surface area contributed by atoms with Crippen LogP contribution in [0.1, 0.15) is 0 Å². The van der Waals surface area contributed by atoms with E-state index in [-0.39, 0.29) is 0 Å². The van der Waals surface area contributed by atoms with Gasteiger partial charge in [-0.05, 0) is 0 Å². The first-order valence-electron chi connectivity index (χ1n) is 4.04. The quantitative estimate of drug-likeness (QED) is 0.667. The van der Waals surface area contributed by atoms with Crippen molar-refractivity contribution in [3.63, 3.8) is 0 Å². The van der Waals surface area contributed by atoms with Crippen molar-refractivity contribution in [3.05, 3.63) is 29.6 Å². The summed E-state index contributed by atoms with van der Waals surface area (Å²) in [6.07, 6.45) is 0. The summed E-state index contributed by atoms with van der Waals surface area (Å²) in [6.45, 7) is 0. The number of rotatable bonds is 1. The fourth-order valence-corrected chi connectivity index (χ4v) is 1.72. The Labute approximate surface area is 81.8 Å². The molecule has 1 heterocycles. The van der Waals surface area contributed by atoms with Crippen molar-refractivity contribution in [2.45, 2.75) is 0 Å². The summed E-state index contributed by atoms with van der Waals surface area (Å²) in [6, 6.07) is 8.27. The second-order valence-corrected chi connectivity index (χ2v) is 3.83. The molecule has 0 saturated heterocycles. The minimum absolute atomic E-state index is 0.621. The number of nitrogens with two attached hydrogens (primary N) is 1. The molecule has 2 nitrogen and oxygen atoms in total. The van der Waals surface area contributed by atoms with Crippen LogP contribution in [-0.4, -0.2) is 12.8 Å². The number of hydrogen-bond acceptors (Lipinski definition) is 3. The lowest BCUT2D eigenvalue weighted by atomic mass is 9.95. The molecule has 2 rings (SSSR count). The van der Waals surface area contributed by atoms with Gasteiger partial charge in [-0.15, -0.1) is 11.3 Å². The topological polar surface area (TPSA) is 38.9 Å². The van der Waals surface area contributed by atoms with E-state index in [1.165, 1.54) is 16.8 Å². The van der Waals surface area contributed by atoms with E-state index in [1.54, 1.807) is 0 Å². The van der Waals surface area contributed by atoms with Gasteiger partial charge in [-0.3, -0.25) is 0 Å². The standard InChI is InChI=1S/C9H9BN2S/c10-7-3-1-6(2-4-7)8-5-13-9(11)12-8/h1-5H,10H2,(H2,11,12). The van der Waals surface area contributed by atoms with Crippen molar-refractivity contribution < 1.29 is 0 Å². The van der Waals surface area contributed by atoms with Crippen molar-refractivity contribution in [3.8, 4) is 11.3 Å². The zero-order chi connectivity index (χ0) is 9.26. The Kier molecular flexibility index (Phi) is 2.06. The van der Waals surface area contributed by atoms with Gasteiger partial charge in [0.2, 0.25) is 0 Å². The minimum atomic E-state index is 0.621. The van der Waals surface area contributed by atoms with Crippen LogP contribution in [0.3, 0.4) is 0 Å². The van der Waals surface area contributed by atoms with E-state index >= 15 is 0 Å². The second-order valence-electron chi connectivity index (χ2n) is 2.94. The fourth-order valence-electron chi connectivity index (χ4n) is 1.14. The lowest BCUT2D eigenvalue weighted by Gasteiger charge is -1.96. The monoisotopic (exact) mass is 188 g/mol. The fraction of sp³-hybridized carbons (Fsp3) is 0. The summed E-state index contributed by atoms with van der Waals surface area (Å²) >= 11 is 1.47. The van der Waals surface area contributed by atoms with E-state index in [0.717, 1.165) is 11.3 Å². The van der Waals surface area contributed by atoms with Crippen LogP contribution in [0.5, 0.6) is 0 Å². The van der Waals surface area contributed by atoms with Crippen LogP contribution in [0.15, 0.2) is 29.6 Å². The molecule has 1 aromatic carbocycles. The minimum Gasteiger partial charge on any atom is -0.375 e. The molecule has 0 radical (unpaired) electrons. The van der Waals surface area contributed by atoms with Gasteiger partial charge in [0.25, 0.3) is 0 Å².